The third-order valence-electron chi connectivity index (χ3n) is 4.02. The number of anilines is 1. The van der Waals surface area contributed by atoms with Gasteiger partial charge in [-0.25, -0.2) is 0 Å². The van der Waals surface area contributed by atoms with Crippen LogP contribution in [0, 0.1) is 0 Å². The second-order valence-electron chi connectivity index (χ2n) is 5.31. The van der Waals surface area contributed by atoms with Crippen LogP contribution < -0.4 is 5.73 Å². The highest BCUT2D eigenvalue weighted by Crippen LogP contribution is 2.32. The molecule has 0 bridgehead atoms. The average Bonchev–Trinajstić information content (AvgIpc) is 2.54. The van der Waals surface area contributed by atoms with E-state index >= 15 is 0 Å². The molecule has 0 saturated carbocycles. The maximum atomic E-state index is 6.12. The highest BCUT2D eigenvalue weighted by molar-refractivity contribution is 6.01. The van der Waals surface area contributed by atoms with Gasteiger partial charge in [0.15, 0.2) is 0 Å². The van der Waals surface area contributed by atoms with Crippen molar-refractivity contribution in [3.63, 3.8) is 0 Å². The van der Waals surface area contributed by atoms with E-state index in [1.807, 2.05) is 12.1 Å². The molecule has 0 aliphatic carbocycles. The summed E-state index contributed by atoms with van der Waals surface area (Å²) in [6, 6.07) is 27.4. The Morgan fingerprint density at radius 3 is 2.19 bits per heavy atom. The standard InChI is InChI=1S/C20H15N/c21-20-10-4-7-15-11-12-16(13-19(15)20)18-9-3-6-14-5-1-2-8-17(14)18/h1-13H,21H2. The van der Waals surface area contributed by atoms with Crippen LogP contribution in [-0.4, -0.2) is 0 Å². The van der Waals surface area contributed by atoms with Gasteiger partial charge in [-0.2, -0.15) is 0 Å². The molecule has 0 atom stereocenters. The van der Waals surface area contributed by atoms with Gasteiger partial charge >= 0.3 is 0 Å². The van der Waals surface area contributed by atoms with E-state index in [-0.39, 0.29) is 0 Å². The van der Waals surface area contributed by atoms with Crippen LogP contribution in [0.15, 0.2) is 78.9 Å². The third kappa shape index (κ3) is 1.95. The number of nitrogens with two attached hydrogens (primary N) is 1. The zero-order chi connectivity index (χ0) is 14.2. The molecule has 4 aromatic carbocycles. The lowest BCUT2D eigenvalue weighted by Gasteiger charge is -2.09. The third-order valence-corrected chi connectivity index (χ3v) is 4.02. The zero-order valence-electron chi connectivity index (χ0n) is 11.6. The molecule has 0 unspecified atom stereocenters. The number of benzene rings is 4. The molecule has 0 heterocycles. The smallest absolute Gasteiger partial charge is 0.0393 e. The van der Waals surface area contributed by atoms with Crippen LogP contribution in [0.2, 0.25) is 0 Å². The Balaban J connectivity index is 2.02. The molecule has 21 heavy (non-hydrogen) atoms. The number of nitrogen functional groups attached to an aromatic ring is 1. The molecule has 2 N–H and O–H groups in total. The summed E-state index contributed by atoms with van der Waals surface area (Å²) in [5.74, 6) is 0. The topological polar surface area (TPSA) is 26.0 Å². The van der Waals surface area contributed by atoms with E-state index in [2.05, 4.69) is 66.7 Å². The van der Waals surface area contributed by atoms with Crippen molar-refractivity contribution in [2.75, 3.05) is 5.73 Å². The summed E-state index contributed by atoms with van der Waals surface area (Å²) in [6.07, 6.45) is 0. The number of rotatable bonds is 1. The largest absolute Gasteiger partial charge is 0.398 e. The minimum Gasteiger partial charge on any atom is -0.398 e. The summed E-state index contributed by atoms with van der Waals surface area (Å²) >= 11 is 0. The Bertz CT molecular complexity index is 949. The van der Waals surface area contributed by atoms with Crippen molar-refractivity contribution in [1.82, 2.24) is 0 Å². The van der Waals surface area contributed by atoms with Crippen LogP contribution in [0.25, 0.3) is 32.7 Å². The van der Waals surface area contributed by atoms with Crippen molar-refractivity contribution in [2.45, 2.75) is 0 Å². The molecular weight excluding hydrogens is 254 g/mol. The maximum Gasteiger partial charge on any atom is 0.0393 e. The molecular formula is C20H15N. The molecule has 4 rings (SSSR count). The first kappa shape index (κ1) is 12.0. The van der Waals surface area contributed by atoms with Gasteiger partial charge in [0.05, 0.1) is 0 Å². The van der Waals surface area contributed by atoms with Crippen LogP contribution >= 0.6 is 0 Å². The van der Waals surface area contributed by atoms with Crippen molar-refractivity contribution >= 4 is 27.2 Å². The van der Waals surface area contributed by atoms with Crippen molar-refractivity contribution < 1.29 is 0 Å². The molecule has 0 spiro atoms. The van der Waals surface area contributed by atoms with Crippen molar-refractivity contribution in [1.29, 1.82) is 0 Å². The molecule has 1 nitrogen and oxygen atoms in total. The summed E-state index contributed by atoms with van der Waals surface area (Å²) in [5, 5.41) is 4.83. The first-order chi connectivity index (χ1) is 10.3. The molecule has 100 valence electrons. The second kappa shape index (κ2) is 4.64. The van der Waals surface area contributed by atoms with Gasteiger partial charge in [-0.3, -0.25) is 0 Å². The lowest BCUT2D eigenvalue weighted by Crippen LogP contribution is -1.87. The summed E-state index contributed by atoms with van der Waals surface area (Å²) in [5.41, 5.74) is 9.40. The van der Waals surface area contributed by atoms with E-state index in [1.165, 1.54) is 27.3 Å². The highest BCUT2D eigenvalue weighted by atomic mass is 14.5. The van der Waals surface area contributed by atoms with E-state index in [9.17, 15) is 0 Å². The van der Waals surface area contributed by atoms with E-state index < -0.39 is 0 Å². The average molecular weight is 269 g/mol. The first-order valence-corrected chi connectivity index (χ1v) is 7.09. The fourth-order valence-corrected chi connectivity index (χ4v) is 2.94. The first-order valence-electron chi connectivity index (χ1n) is 7.09. The number of fused-ring (bicyclic) bond motifs is 2. The van der Waals surface area contributed by atoms with E-state index in [0.29, 0.717) is 0 Å². The summed E-state index contributed by atoms with van der Waals surface area (Å²) in [7, 11) is 0. The monoisotopic (exact) mass is 269 g/mol. The molecule has 0 aliphatic heterocycles. The minimum atomic E-state index is 0.828. The Morgan fingerprint density at radius 2 is 1.29 bits per heavy atom. The normalized spacial score (nSPS) is 11.0. The summed E-state index contributed by atoms with van der Waals surface area (Å²) in [6.45, 7) is 0. The summed E-state index contributed by atoms with van der Waals surface area (Å²) in [4.78, 5) is 0. The van der Waals surface area contributed by atoms with E-state index in [4.69, 9.17) is 5.73 Å². The fraction of sp³-hybridized carbons (Fsp3) is 0. The van der Waals surface area contributed by atoms with Gasteiger partial charge in [-0.15, -0.1) is 0 Å². The predicted octanol–water partition coefficient (Wildman–Crippen LogP) is 5.24. The van der Waals surface area contributed by atoms with Gasteiger partial charge in [-0.05, 0) is 39.4 Å². The van der Waals surface area contributed by atoms with Crippen molar-refractivity contribution in [3.05, 3.63) is 78.9 Å². The predicted molar refractivity (Wildman–Crippen MR) is 91.3 cm³/mol. The van der Waals surface area contributed by atoms with Crippen LogP contribution in [-0.2, 0) is 0 Å². The molecule has 0 fully saturated rings. The zero-order valence-corrected chi connectivity index (χ0v) is 11.6. The van der Waals surface area contributed by atoms with Gasteiger partial charge in [0.25, 0.3) is 0 Å². The molecule has 0 amide bonds. The molecule has 0 saturated heterocycles. The van der Waals surface area contributed by atoms with E-state index in [0.717, 1.165) is 11.1 Å². The fourth-order valence-electron chi connectivity index (χ4n) is 2.94. The summed E-state index contributed by atoms with van der Waals surface area (Å²) < 4.78 is 0. The van der Waals surface area contributed by atoms with Crippen LogP contribution in [0.1, 0.15) is 0 Å². The van der Waals surface area contributed by atoms with Crippen LogP contribution in [0.3, 0.4) is 0 Å². The Hall–Kier alpha value is -2.80. The molecule has 0 aromatic heterocycles. The minimum absolute atomic E-state index is 0.828. The maximum absolute atomic E-state index is 6.12. The Labute approximate surface area is 123 Å². The quantitative estimate of drug-likeness (QED) is 0.470. The Kier molecular flexibility index (Phi) is 2.65. The van der Waals surface area contributed by atoms with Crippen molar-refractivity contribution in [2.24, 2.45) is 0 Å². The van der Waals surface area contributed by atoms with Crippen LogP contribution in [0.4, 0.5) is 5.69 Å². The van der Waals surface area contributed by atoms with Gasteiger partial charge in [0, 0.05) is 11.1 Å². The van der Waals surface area contributed by atoms with E-state index in [1.54, 1.807) is 0 Å². The molecule has 1 heteroatoms. The lowest BCUT2D eigenvalue weighted by atomic mass is 9.96. The SMILES string of the molecule is Nc1cccc2ccc(-c3cccc4ccccc34)cc12. The number of hydrogen-bond acceptors (Lipinski definition) is 1. The molecule has 0 aliphatic rings. The van der Waals surface area contributed by atoms with Gasteiger partial charge in [0.1, 0.15) is 0 Å². The highest BCUT2D eigenvalue weighted by Gasteiger charge is 2.05. The van der Waals surface area contributed by atoms with Crippen LogP contribution in [0.5, 0.6) is 0 Å². The second-order valence-corrected chi connectivity index (χ2v) is 5.31. The molecule has 0 radical (unpaired) electrons. The Morgan fingerprint density at radius 1 is 0.571 bits per heavy atom. The number of hydrogen-bond donors (Lipinski definition) is 1. The van der Waals surface area contributed by atoms with Crippen molar-refractivity contribution in [3.8, 4) is 11.1 Å². The lowest BCUT2D eigenvalue weighted by molar-refractivity contribution is 1.67. The van der Waals surface area contributed by atoms with Gasteiger partial charge in [-0.1, -0.05) is 66.7 Å². The van der Waals surface area contributed by atoms with Gasteiger partial charge in [0.2, 0.25) is 0 Å². The van der Waals surface area contributed by atoms with Gasteiger partial charge < -0.3 is 5.73 Å². The molecule has 4 aromatic rings.